The standard InChI is InChI=1S/C15H16FN3O2/c1-2-18(13-6-4-12(16)5-7-13)10-11-3-8-15(19(20)21)14(17)9-11/h3-9H,2,10,17H2,1H3. The molecule has 0 aliphatic heterocycles. The third kappa shape index (κ3) is 3.47. The van der Waals surface area contributed by atoms with Crippen LogP contribution in [-0.2, 0) is 6.54 Å². The Morgan fingerprint density at radius 1 is 1.24 bits per heavy atom. The van der Waals surface area contributed by atoms with Crippen LogP contribution >= 0.6 is 0 Å². The third-order valence-electron chi connectivity index (χ3n) is 3.24. The van der Waals surface area contributed by atoms with Crippen molar-refractivity contribution < 1.29 is 9.31 Å². The summed E-state index contributed by atoms with van der Waals surface area (Å²) >= 11 is 0. The Labute approximate surface area is 122 Å². The molecule has 2 N–H and O–H groups in total. The van der Waals surface area contributed by atoms with E-state index in [1.807, 2.05) is 11.8 Å². The van der Waals surface area contributed by atoms with Gasteiger partial charge in [-0.05, 0) is 42.8 Å². The number of nitro groups is 1. The molecule has 0 radical (unpaired) electrons. The van der Waals surface area contributed by atoms with E-state index in [2.05, 4.69) is 0 Å². The molecule has 0 aliphatic carbocycles. The van der Waals surface area contributed by atoms with Crippen molar-refractivity contribution in [1.29, 1.82) is 0 Å². The Balaban J connectivity index is 2.20. The fraction of sp³-hybridized carbons (Fsp3) is 0.200. The molecule has 2 aromatic rings. The lowest BCUT2D eigenvalue weighted by molar-refractivity contribution is -0.383. The van der Waals surface area contributed by atoms with E-state index in [4.69, 9.17) is 5.73 Å². The zero-order chi connectivity index (χ0) is 15.4. The first-order valence-corrected chi connectivity index (χ1v) is 6.54. The first-order valence-electron chi connectivity index (χ1n) is 6.54. The predicted octanol–water partition coefficient (Wildman–Crippen LogP) is 3.34. The number of nitrogens with two attached hydrogens (primary N) is 1. The second kappa shape index (κ2) is 6.21. The van der Waals surface area contributed by atoms with Gasteiger partial charge in [0, 0.05) is 24.8 Å². The van der Waals surface area contributed by atoms with Crippen molar-refractivity contribution in [3.8, 4) is 0 Å². The SMILES string of the molecule is CCN(Cc1ccc([N+](=O)[O-])c(N)c1)c1ccc(F)cc1. The minimum atomic E-state index is -0.503. The fourth-order valence-electron chi connectivity index (χ4n) is 2.13. The Kier molecular flexibility index (Phi) is 4.37. The van der Waals surface area contributed by atoms with E-state index in [9.17, 15) is 14.5 Å². The first-order chi connectivity index (χ1) is 10.0. The van der Waals surface area contributed by atoms with E-state index < -0.39 is 4.92 Å². The van der Waals surface area contributed by atoms with E-state index in [1.54, 1.807) is 24.3 Å². The van der Waals surface area contributed by atoms with Crippen molar-refractivity contribution in [3.05, 3.63) is 64.0 Å². The Hall–Kier alpha value is -2.63. The van der Waals surface area contributed by atoms with Crippen LogP contribution in [0.3, 0.4) is 0 Å². The lowest BCUT2D eigenvalue weighted by Crippen LogP contribution is -2.22. The summed E-state index contributed by atoms with van der Waals surface area (Å²) in [4.78, 5) is 12.3. The van der Waals surface area contributed by atoms with Gasteiger partial charge in [-0.1, -0.05) is 6.07 Å². The average Bonchev–Trinajstić information content (AvgIpc) is 2.45. The molecular weight excluding hydrogens is 273 g/mol. The number of rotatable bonds is 5. The molecule has 6 heteroatoms. The second-order valence-electron chi connectivity index (χ2n) is 4.64. The van der Waals surface area contributed by atoms with Gasteiger partial charge in [0.25, 0.3) is 5.69 Å². The molecule has 2 rings (SSSR count). The van der Waals surface area contributed by atoms with Gasteiger partial charge in [0.15, 0.2) is 0 Å². The number of anilines is 2. The van der Waals surface area contributed by atoms with Crippen LogP contribution in [0.15, 0.2) is 42.5 Å². The highest BCUT2D eigenvalue weighted by Gasteiger charge is 2.12. The maximum Gasteiger partial charge on any atom is 0.292 e. The Morgan fingerprint density at radius 3 is 2.43 bits per heavy atom. The molecule has 2 aromatic carbocycles. The lowest BCUT2D eigenvalue weighted by atomic mass is 10.1. The van der Waals surface area contributed by atoms with E-state index in [-0.39, 0.29) is 17.2 Å². The van der Waals surface area contributed by atoms with Crippen molar-refractivity contribution >= 4 is 17.1 Å². The van der Waals surface area contributed by atoms with Crippen molar-refractivity contribution in [3.63, 3.8) is 0 Å². The molecule has 0 spiro atoms. The van der Waals surface area contributed by atoms with Gasteiger partial charge in [-0.15, -0.1) is 0 Å². The summed E-state index contributed by atoms with van der Waals surface area (Å²) in [5, 5.41) is 10.7. The van der Waals surface area contributed by atoms with Gasteiger partial charge in [-0.3, -0.25) is 10.1 Å². The highest BCUT2D eigenvalue weighted by Crippen LogP contribution is 2.24. The number of nitrogens with zero attached hydrogens (tertiary/aromatic N) is 2. The molecule has 0 saturated carbocycles. The summed E-state index contributed by atoms with van der Waals surface area (Å²) in [6.07, 6.45) is 0. The quantitative estimate of drug-likeness (QED) is 0.520. The summed E-state index contributed by atoms with van der Waals surface area (Å²) < 4.78 is 13.0. The molecule has 0 saturated heterocycles. The van der Waals surface area contributed by atoms with Gasteiger partial charge < -0.3 is 10.6 Å². The van der Waals surface area contributed by atoms with Gasteiger partial charge in [-0.2, -0.15) is 0 Å². The van der Waals surface area contributed by atoms with Crippen LogP contribution in [0.25, 0.3) is 0 Å². The van der Waals surface area contributed by atoms with Crippen LogP contribution in [0, 0.1) is 15.9 Å². The molecule has 0 aromatic heterocycles. The predicted molar refractivity (Wildman–Crippen MR) is 80.6 cm³/mol. The minimum Gasteiger partial charge on any atom is -0.393 e. The molecule has 0 unspecified atom stereocenters. The highest BCUT2D eigenvalue weighted by molar-refractivity contribution is 5.60. The van der Waals surface area contributed by atoms with Gasteiger partial charge in [-0.25, -0.2) is 4.39 Å². The molecule has 0 fully saturated rings. The van der Waals surface area contributed by atoms with E-state index in [0.717, 1.165) is 17.8 Å². The summed E-state index contributed by atoms with van der Waals surface area (Å²) in [5.41, 5.74) is 7.49. The van der Waals surface area contributed by atoms with Crippen LogP contribution in [-0.4, -0.2) is 11.5 Å². The number of nitro benzene ring substituents is 1. The molecule has 5 nitrogen and oxygen atoms in total. The fourth-order valence-corrected chi connectivity index (χ4v) is 2.13. The topological polar surface area (TPSA) is 72.4 Å². The molecule has 0 amide bonds. The highest BCUT2D eigenvalue weighted by atomic mass is 19.1. The molecule has 0 bridgehead atoms. The largest absolute Gasteiger partial charge is 0.393 e. The molecule has 0 aliphatic rings. The monoisotopic (exact) mass is 289 g/mol. The van der Waals surface area contributed by atoms with Crippen LogP contribution in [0.1, 0.15) is 12.5 Å². The third-order valence-corrected chi connectivity index (χ3v) is 3.24. The van der Waals surface area contributed by atoms with Crippen molar-refractivity contribution in [1.82, 2.24) is 0 Å². The average molecular weight is 289 g/mol. The summed E-state index contributed by atoms with van der Waals surface area (Å²) in [6, 6.07) is 10.9. The number of benzene rings is 2. The summed E-state index contributed by atoms with van der Waals surface area (Å²) in [7, 11) is 0. The Bertz CT molecular complexity index is 644. The lowest BCUT2D eigenvalue weighted by Gasteiger charge is -2.23. The zero-order valence-electron chi connectivity index (χ0n) is 11.6. The maximum atomic E-state index is 13.0. The van der Waals surface area contributed by atoms with Gasteiger partial charge >= 0.3 is 0 Å². The first kappa shape index (κ1) is 14.8. The summed E-state index contributed by atoms with van der Waals surface area (Å²) in [5.74, 6) is -0.283. The van der Waals surface area contributed by atoms with Gasteiger partial charge in [0.1, 0.15) is 11.5 Å². The normalized spacial score (nSPS) is 10.4. The van der Waals surface area contributed by atoms with Crippen LogP contribution in [0.4, 0.5) is 21.5 Å². The van der Waals surface area contributed by atoms with Crippen molar-refractivity contribution in [2.45, 2.75) is 13.5 Å². The van der Waals surface area contributed by atoms with Gasteiger partial charge in [0.05, 0.1) is 4.92 Å². The molecular formula is C15H16FN3O2. The molecule has 0 heterocycles. The number of halogens is 1. The molecule has 110 valence electrons. The molecule has 0 atom stereocenters. The van der Waals surface area contributed by atoms with E-state index in [1.165, 1.54) is 18.2 Å². The zero-order valence-corrected chi connectivity index (χ0v) is 11.6. The van der Waals surface area contributed by atoms with Gasteiger partial charge in [0.2, 0.25) is 0 Å². The second-order valence-corrected chi connectivity index (χ2v) is 4.64. The summed E-state index contributed by atoms with van der Waals surface area (Å²) in [6.45, 7) is 3.25. The smallest absolute Gasteiger partial charge is 0.292 e. The van der Waals surface area contributed by atoms with Crippen LogP contribution in [0.2, 0.25) is 0 Å². The van der Waals surface area contributed by atoms with E-state index >= 15 is 0 Å². The van der Waals surface area contributed by atoms with Crippen LogP contribution < -0.4 is 10.6 Å². The molecule has 21 heavy (non-hydrogen) atoms. The minimum absolute atomic E-state index is 0.0939. The number of hydrogen-bond donors (Lipinski definition) is 1. The van der Waals surface area contributed by atoms with Crippen LogP contribution in [0.5, 0.6) is 0 Å². The van der Waals surface area contributed by atoms with Crippen molar-refractivity contribution in [2.24, 2.45) is 0 Å². The Morgan fingerprint density at radius 2 is 1.90 bits per heavy atom. The number of nitrogen functional groups attached to an aromatic ring is 1. The van der Waals surface area contributed by atoms with E-state index in [0.29, 0.717) is 6.54 Å². The van der Waals surface area contributed by atoms with Crippen molar-refractivity contribution in [2.75, 3.05) is 17.2 Å². The number of hydrogen-bond acceptors (Lipinski definition) is 4. The maximum absolute atomic E-state index is 13.0.